The van der Waals surface area contributed by atoms with Crippen LogP contribution < -0.4 is 5.73 Å². The van der Waals surface area contributed by atoms with Gasteiger partial charge in [0.1, 0.15) is 0 Å². The van der Waals surface area contributed by atoms with Crippen molar-refractivity contribution < 1.29 is 0 Å². The summed E-state index contributed by atoms with van der Waals surface area (Å²) in [5.41, 5.74) is 6.55. The summed E-state index contributed by atoms with van der Waals surface area (Å²) in [5.74, 6) is 0. The van der Waals surface area contributed by atoms with Crippen LogP contribution in [-0.2, 0) is 7.05 Å². The fourth-order valence-electron chi connectivity index (χ4n) is 2.13. The van der Waals surface area contributed by atoms with Crippen molar-refractivity contribution in [1.82, 2.24) is 9.78 Å². The molecule has 2 N–H and O–H groups in total. The van der Waals surface area contributed by atoms with E-state index in [0.29, 0.717) is 16.7 Å². The second kappa shape index (κ2) is 3.83. The number of aryl methyl sites for hydroxylation is 1. The van der Waals surface area contributed by atoms with Gasteiger partial charge in [-0.05, 0) is 18.3 Å². The molecule has 1 aliphatic rings. The summed E-state index contributed by atoms with van der Waals surface area (Å²) in [6.45, 7) is 4.53. The van der Waals surface area contributed by atoms with Gasteiger partial charge in [-0.25, -0.2) is 0 Å². The van der Waals surface area contributed by atoms with Crippen molar-refractivity contribution in [3.05, 3.63) is 12.4 Å². The van der Waals surface area contributed by atoms with Crippen molar-refractivity contribution in [1.29, 1.82) is 0 Å². The highest BCUT2D eigenvalue weighted by molar-refractivity contribution is 8.00. The lowest BCUT2D eigenvalue weighted by atomic mass is 9.88. The molecule has 3 nitrogen and oxygen atoms in total. The number of nitrogens with zero attached hydrogens (tertiary/aromatic N) is 2. The summed E-state index contributed by atoms with van der Waals surface area (Å²) in [6, 6.07) is 0.294. The van der Waals surface area contributed by atoms with Gasteiger partial charge in [-0.2, -0.15) is 5.10 Å². The molecule has 0 aliphatic heterocycles. The molecular weight excluding hydrogens is 206 g/mol. The van der Waals surface area contributed by atoms with Crippen molar-refractivity contribution in [3.8, 4) is 0 Å². The molecule has 0 aromatic carbocycles. The van der Waals surface area contributed by atoms with Crippen LogP contribution >= 0.6 is 11.8 Å². The fraction of sp³-hybridized carbons (Fsp3) is 0.727. The molecule has 1 aromatic heterocycles. The fourth-order valence-corrected chi connectivity index (χ4v) is 3.55. The minimum absolute atomic E-state index is 0.292. The summed E-state index contributed by atoms with van der Waals surface area (Å²) >= 11 is 1.87. The predicted octanol–water partition coefficient (Wildman–Crippen LogP) is 2.03. The Morgan fingerprint density at radius 1 is 1.60 bits per heavy atom. The van der Waals surface area contributed by atoms with Crippen LogP contribution in [0.1, 0.15) is 26.7 Å². The van der Waals surface area contributed by atoms with Crippen LogP contribution in [0, 0.1) is 5.41 Å². The molecule has 0 spiro atoms. The normalized spacial score (nSPS) is 29.6. The van der Waals surface area contributed by atoms with Crippen LogP contribution in [0.25, 0.3) is 0 Å². The Morgan fingerprint density at radius 2 is 2.33 bits per heavy atom. The molecule has 0 radical (unpaired) electrons. The summed E-state index contributed by atoms with van der Waals surface area (Å²) in [7, 11) is 1.95. The summed E-state index contributed by atoms with van der Waals surface area (Å²) in [4.78, 5) is 1.23. The van der Waals surface area contributed by atoms with Gasteiger partial charge in [-0.15, -0.1) is 11.8 Å². The molecule has 15 heavy (non-hydrogen) atoms. The first-order valence-corrected chi connectivity index (χ1v) is 6.28. The van der Waals surface area contributed by atoms with Gasteiger partial charge in [0.25, 0.3) is 0 Å². The lowest BCUT2D eigenvalue weighted by molar-refractivity contribution is 0.334. The molecule has 1 aromatic rings. The topological polar surface area (TPSA) is 43.8 Å². The second-order valence-corrected chi connectivity index (χ2v) is 6.37. The minimum atomic E-state index is 0.292. The Bertz CT molecular complexity index is 345. The Labute approximate surface area is 95.4 Å². The highest BCUT2D eigenvalue weighted by atomic mass is 32.2. The van der Waals surface area contributed by atoms with Gasteiger partial charge < -0.3 is 5.73 Å². The van der Waals surface area contributed by atoms with E-state index in [1.54, 1.807) is 0 Å². The van der Waals surface area contributed by atoms with Crippen LogP contribution in [0.3, 0.4) is 0 Å². The summed E-state index contributed by atoms with van der Waals surface area (Å²) in [6.07, 6.45) is 6.42. The van der Waals surface area contributed by atoms with Gasteiger partial charge in [0, 0.05) is 29.4 Å². The summed E-state index contributed by atoms with van der Waals surface area (Å²) < 4.78 is 1.84. The van der Waals surface area contributed by atoms with Gasteiger partial charge in [0.2, 0.25) is 0 Å². The van der Waals surface area contributed by atoms with E-state index in [1.165, 1.54) is 17.7 Å². The molecule has 84 valence electrons. The number of hydrogen-bond donors (Lipinski definition) is 1. The molecule has 1 heterocycles. The van der Waals surface area contributed by atoms with E-state index in [0.717, 1.165) is 0 Å². The first kappa shape index (κ1) is 11.0. The van der Waals surface area contributed by atoms with Crippen LogP contribution in [0.15, 0.2) is 17.3 Å². The third-order valence-corrected chi connectivity index (χ3v) is 4.66. The van der Waals surface area contributed by atoms with E-state index >= 15 is 0 Å². The number of aromatic nitrogens is 2. The Morgan fingerprint density at radius 3 is 2.80 bits per heavy atom. The number of nitrogens with two attached hydrogens (primary N) is 1. The number of thioether (sulfide) groups is 1. The van der Waals surface area contributed by atoms with Crippen molar-refractivity contribution in [3.63, 3.8) is 0 Å². The van der Waals surface area contributed by atoms with Gasteiger partial charge >= 0.3 is 0 Å². The summed E-state index contributed by atoms with van der Waals surface area (Å²) in [5, 5.41) is 4.72. The SMILES string of the molecule is Cn1cc(SC2CCC(C)(C)C2N)cn1. The molecular formula is C11H19N3S. The standard InChI is InChI=1S/C11H19N3S/c1-11(2)5-4-9(10(11)12)15-8-6-13-14(3)7-8/h6-7,9-10H,4-5,12H2,1-3H3. The molecule has 1 saturated carbocycles. The number of rotatable bonds is 2. The smallest absolute Gasteiger partial charge is 0.0625 e. The zero-order valence-electron chi connectivity index (χ0n) is 9.60. The lowest BCUT2D eigenvalue weighted by Crippen LogP contribution is -2.38. The Hall–Kier alpha value is -0.480. The van der Waals surface area contributed by atoms with Gasteiger partial charge in [-0.3, -0.25) is 4.68 Å². The third kappa shape index (κ3) is 2.21. The maximum absolute atomic E-state index is 6.26. The maximum Gasteiger partial charge on any atom is 0.0625 e. The van der Waals surface area contributed by atoms with Crippen molar-refractivity contribution in [2.75, 3.05) is 0 Å². The first-order valence-electron chi connectivity index (χ1n) is 5.40. The van der Waals surface area contributed by atoms with Crippen molar-refractivity contribution in [2.24, 2.45) is 18.2 Å². The molecule has 4 heteroatoms. The molecule has 0 saturated heterocycles. The molecule has 2 atom stereocenters. The molecule has 2 unspecified atom stereocenters. The highest BCUT2D eigenvalue weighted by Crippen LogP contribution is 2.43. The van der Waals surface area contributed by atoms with Crippen LogP contribution in [0.2, 0.25) is 0 Å². The van der Waals surface area contributed by atoms with Gasteiger partial charge in [0.15, 0.2) is 0 Å². The monoisotopic (exact) mass is 225 g/mol. The zero-order chi connectivity index (χ0) is 11.1. The van der Waals surface area contributed by atoms with E-state index in [-0.39, 0.29) is 0 Å². The predicted molar refractivity (Wildman–Crippen MR) is 63.8 cm³/mol. The van der Waals surface area contributed by atoms with E-state index in [1.807, 2.05) is 29.7 Å². The average molecular weight is 225 g/mol. The quantitative estimate of drug-likeness (QED) is 0.837. The van der Waals surface area contributed by atoms with Crippen LogP contribution in [0.5, 0.6) is 0 Å². The average Bonchev–Trinajstić information content (AvgIpc) is 2.66. The minimum Gasteiger partial charge on any atom is -0.326 e. The van der Waals surface area contributed by atoms with Gasteiger partial charge in [0.05, 0.1) is 6.20 Å². The van der Waals surface area contributed by atoms with Crippen LogP contribution in [0.4, 0.5) is 0 Å². The lowest BCUT2D eigenvalue weighted by Gasteiger charge is -2.26. The third-order valence-electron chi connectivity index (χ3n) is 3.34. The largest absolute Gasteiger partial charge is 0.326 e. The Balaban J connectivity index is 2.02. The highest BCUT2D eigenvalue weighted by Gasteiger charge is 2.39. The van der Waals surface area contributed by atoms with E-state index in [9.17, 15) is 0 Å². The van der Waals surface area contributed by atoms with Crippen molar-refractivity contribution in [2.45, 2.75) is 42.9 Å². The molecule has 2 rings (SSSR count). The van der Waals surface area contributed by atoms with Crippen LogP contribution in [-0.4, -0.2) is 21.1 Å². The first-order chi connectivity index (χ1) is 6.99. The second-order valence-electron chi connectivity index (χ2n) is 5.06. The Kier molecular flexibility index (Phi) is 2.81. The van der Waals surface area contributed by atoms with Crippen molar-refractivity contribution >= 4 is 11.8 Å². The molecule has 0 amide bonds. The number of hydrogen-bond acceptors (Lipinski definition) is 3. The molecule has 0 bridgehead atoms. The van der Waals surface area contributed by atoms with E-state index < -0.39 is 0 Å². The zero-order valence-corrected chi connectivity index (χ0v) is 10.4. The molecule has 1 fully saturated rings. The maximum atomic E-state index is 6.26. The van der Waals surface area contributed by atoms with E-state index in [2.05, 4.69) is 25.1 Å². The molecule has 1 aliphatic carbocycles. The van der Waals surface area contributed by atoms with E-state index in [4.69, 9.17) is 5.73 Å². The van der Waals surface area contributed by atoms with Gasteiger partial charge in [-0.1, -0.05) is 13.8 Å².